The van der Waals surface area contributed by atoms with Crippen LogP contribution in [0.3, 0.4) is 0 Å². The molecule has 0 saturated carbocycles. The molecule has 5 nitrogen and oxygen atoms in total. The lowest BCUT2D eigenvalue weighted by Crippen LogP contribution is -2.48. The Morgan fingerprint density at radius 2 is 2.05 bits per heavy atom. The van der Waals surface area contributed by atoms with Crippen molar-refractivity contribution in [3.8, 4) is 0 Å². The molecule has 0 saturated heterocycles. The first-order valence-electron chi connectivity index (χ1n) is 6.02. The molecule has 0 spiro atoms. The Bertz CT molecular complexity index is 508. The van der Waals surface area contributed by atoms with Crippen LogP contribution in [0.15, 0.2) is 18.2 Å². The van der Waals surface area contributed by atoms with Crippen LogP contribution >= 0.6 is 11.6 Å². The molecule has 1 rings (SSSR count). The van der Waals surface area contributed by atoms with Gasteiger partial charge in [-0.05, 0) is 23.6 Å². The van der Waals surface area contributed by atoms with Crippen LogP contribution in [-0.4, -0.2) is 23.1 Å². The van der Waals surface area contributed by atoms with Gasteiger partial charge in [0.1, 0.15) is 11.9 Å². The summed E-state index contributed by atoms with van der Waals surface area (Å²) in [6.07, 6.45) is 0. The molecule has 1 atom stereocenters. The third-order valence-electron chi connectivity index (χ3n) is 2.67. The molecule has 0 aromatic heterocycles. The van der Waals surface area contributed by atoms with Crippen molar-refractivity contribution >= 4 is 23.6 Å². The summed E-state index contributed by atoms with van der Waals surface area (Å²) in [4.78, 5) is 22.5. The van der Waals surface area contributed by atoms with Crippen molar-refractivity contribution in [3.63, 3.8) is 0 Å². The number of carbonyl (C=O) groups is 2. The number of rotatable bonds is 5. The maximum absolute atomic E-state index is 12.8. The van der Waals surface area contributed by atoms with Crippen molar-refractivity contribution in [1.29, 1.82) is 0 Å². The van der Waals surface area contributed by atoms with Gasteiger partial charge in [0.15, 0.2) is 0 Å². The molecule has 110 valence electrons. The fourth-order valence-corrected chi connectivity index (χ4v) is 1.78. The number of benzene rings is 1. The molecule has 1 aromatic rings. The molecule has 0 bridgehead atoms. The van der Waals surface area contributed by atoms with E-state index in [1.54, 1.807) is 13.8 Å². The summed E-state index contributed by atoms with van der Waals surface area (Å²) in [5, 5.41) is 14.0. The van der Waals surface area contributed by atoms with Gasteiger partial charge in [0.05, 0.1) is 0 Å². The van der Waals surface area contributed by atoms with Crippen molar-refractivity contribution in [1.82, 2.24) is 10.6 Å². The highest BCUT2D eigenvalue weighted by Crippen LogP contribution is 2.16. The molecule has 20 heavy (non-hydrogen) atoms. The number of hydrogen-bond donors (Lipinski definition) is 3. The second-order valence-electron chi connectivity index (χ2n) is 4.62. The molecule has 3 N–H and O–H groups in total. The van der Waals surface area contributed by atoms with E-state index in [0.29, 0.717) is 5.56 Å². The number of amides is 2. The minimum Gasteiger partial charge on any atom is -0.480 e. The molecule has 1 unspecified atom stereocenters. The number of halogens is 2. The van der Waals surface area contributed by atoms with Gasteiger partial charge in [-0.1, -0.05) is 31.5 Å². The van der Waals surface area contributed by atoms with Gasteiger partial charge in [-0.15, -0.1) is 0 Å². The van der Waals surface area contributed by atoms with Crippen LogP contribution < -0.4 is 10.6 Å². The Labute approximate surface area is 121 Å². The maximum Gasteiger partial charge on any atom is 0.326 e. The van der Waals surface area contributed by atoms with Crippen molar-refractivity contribution in [2.24, 2.45) is 5.92 Å². The summed E-state index contributed by atoms with van der Waals surface area (Å²) >= 11 is 5.81. The summed E-state index contributed by atoms with van der Waals surface area (Å²) < 4.78 is 12.8. The minimum absolute atomic E-state index is 0.0788. The van der Waals surface area contributed by atoms with Crippen LogP contribution in [-0.2, 0) is 11.3 Å². The molecule has 1 aromatic carbocycles. The summed E-state index contributed by atoms with van der Waals surface area (Å²) in [6.45, 7) is 3.46. The van der Waals surface area contributed by atoms with E-state index < -0.39 is 23.9 Å². The monoisotopic (exact) mass is 302 g/mol. The zero-order chi connectivity index (χ0) is 15.3. The number of carboxylic acid groups (broad SMARTS) is 1. The lowest BCUT2D eigenvalue weighted by molar-refractivity contribution is -0.140. The van der Waals surface area contributed by atoms with Crippen molar-refractivity contribution in [2.75, 3.05) is 0 Å². The summed E-state index contributed by atoms with van der Waals surface area (Å²) in [7, 11) is 0. The number of nitrogens with one attached hydrogen (secondary N) is 2. The number of urea groups is 1. The second-order valence-corrected chi connectivity index (χ2v) is 5.03. The number of aliphatic carboxylic acids is 1. The average molecular weight is 303 g/mol. The van der Waals surface area contributed by atoms with E-state index in [4.69, 9.17) is 16.7 Å². The predicted molar refractivity (Wildman–Crippen MR) is 73.0 cm³/mol. The highest BCUT2D eigenvalue weighted by molar-refractivity contribution is 6.31. The van der Waals surface area contributed by atoms with Crippen molar-refractivity contribution in [2.45, 2.75) is 26.4 Å². The average Bonchev–Trinajstić information content (AvgIpc) is 2.34. The summed E-state index contributed by atoms with van der Waals surface area (Å²) in [5.74, 6) is -1.81. The Morgan fingerprint density at radius 1 is 1.40 bits per heavy atom. The van der Waals surface area contributed by atoms with E-state index in [9.17, 15) is 14.0 Å². The quantitative estimate of drug-likeness (QED) is 0.781. The summed E-state index contributed by atoms with van der Waals surface area (Å²) in [6, 6.07) is 2.24. The Morgan fingerprint density at radius 3 is 2.55 bits per heavy atom. The van der Waals surface area contributed by atoms with Gasteiger partial charge >= 0.3 is 12.0 Å². The molecule has 2 amide bonds. The number of carboxylic acids is 1. The number of carbonyl (C=O) groups excluding carboxylic acids is 1. The molecule has 0 heterocycles. The Balaban J connectivity index is 2.57. The molecule has 0 radical (unpaired) electrons. The highest BCUT2D eigenvalue weighted by Gasteiger charge is 2.23. The highest BCUT2D eigenvalue weighted by atomic mass is 35.5. The van der Waals surface area contributed by atoms with Gasteiger partial charge in [-0.2, -0.15) is 0 Å². The first-order valence-corrected chi connectivity index (χ1v) is 6.40. The number of hydrogen-bond acceptors (Lipinski definition) is 2. The van der Waals surface area contributed by atoms with Crippen LogP contribution in [0.1, 0.15) is 19.4 Å². The Kier molecular flexibility index (Phi) is 5.76. The van der Waals surface area contributed by atoms with Gasteiger partial charge in [0.2, 0.25) is 0 Å². The topological polar surface area (TPSA) is 78.4 Å². The molecule has 7 heteroatoms. The normalized spacial score (nSPS) is 12.1. The van der Waals surface area contributed by atoms with Crippen molar-refractivity contribution < 1.29 is 19.1 Å². The van der Waals surface area contributed by atoms with E-state index in [0.717, 1.165) is 6.07 Å². The largest absolute Gasteiger partial charge is 0.480 e. The van der Waals surface area contributed by atoms with Gasteiger partial charge < -0.3 is 15.7 Å². The van der Waals surface area contributed by atoms with Gasteiger partial charge in [0.25, 0.3) is 0 Å². The molecule has 0 aliphatic heterocycles. The van der Waals surface area contributed by atoms with Crippen LogP contribution in [0.2, 0.25) is 5.02 Å². The van der Waals surface area contributed by atoms with E-state index in [-0.39, 0.29) is 17.5 Å². The third-order valence-corrected chi connectivity index (χ3v) is 3.03. The summed E-state index contributed by atoms with van der Waals surface area (Å²) in [5.41, 5.74) is 0.541. The lowest BCUT2D eigenvalue weighted by Gasteiger charge is -2.18. The SMILES string of the molecule is CC(C)C(NC(=O)NCc1ccc(F)cc1Cl)C(=O)O. The van der Waals surface area contributed by atoms with Crippen LogP contribution in [0, 0.1) is 11.7 Å². The van der Waals surface area contributed by atoms with Crippen molar-refractivity contribution in [3.05, 3.63) is 34.6 Å². The molecular weight excluding hydrogens is 287 g/mol. The molecular formula is C13H16ClFN2O3. The minimum atomic E-state index is -1.10. The third kappa shape index (κ3) is 4.70. The Hall–Kier alpha value is -1.82. The molecule has 0 aliphatic carbocycles. The fraction of sp³-hybridized carbons (Fsp3) is 0.385. The fourth-order valence-electron chi connectivity index (χ4n) is 1.55. The zero-order valence-electron chi connectivity index (χ0n) is 11.1. The first-order chi connectivity index (χ1) is 9.31. The van der Waals surface area contributed by atoms with Gasteiger partial charge in [-0.25, -0.2) is 14.0 Å². The lowest BCUT2D eigenvalue weighted by atomic mass is 10.1. The standard InChI is InChI=1S/C13H16ClFN2O3/c1-7(2)11(12(18)19)17-13(20)16-6-8-3-4-9(15)5-10(8)14/h3-5,7,11H,6H2,1-2H3,(H,18,19)(H2,16,17,20). The van der Waals surface area contributed by atoms with E-state index >= 15 is 0 Å². The van der Waals surface area contributed by atoms with Gasteiger partial charge in [0, 0.05) is 11.6 Å². The van der Waals surface area contributed by atoms with E-state index in [1.807, 2.05) is 0 Å². The van der Waals surface area contributed by atoms with Crippen LogP contribution in [0.5, 0.6) is 0 Å². The first kappa shape index (κ1) is 16.2. The van der Waals surface area contributed by atoms with Crippen LogP contribution in [0.4, 0.5) is 9.18 Å². The molecule has 0 fully saturated rings. The predicted octanol–water partition coefficient (Wildman–Crippen LogP) is 2.39. The molecule has 0 aliphatic rings. The second kappa shape index (κ2) is 7.09. The van der Waals surface area contributed by atoms with Gasteiger partial charge in [-0.3, -0.25) is 0 Å². The maximum atomic E-state index is 12.8. The van der Waals surface area contributed by atoms with E-state index in [2.05, 4.69) is 10.6 Å². The van der Waals surface area contributed by atoms with E-state index in [1.165, 1.54) is 12.1 Å². The smallest absolute Gasteiger partial charge is 0.326 e. The zero-order valence-corrected chi connectivity index (χ0v) is 11.9. The van der Waals surface area contributed by atoms with Crippen LogP contribution in [0.25, 0.3) is 0 Å².